The molecule has 4 nitrogen and oxygen atoms in total. The van der Waals surface area contributed by atoms with Gasteiger partial charge in [-0.1, -0.05) is 34.1 Å². The molecule has 98 valence electrons. The highest BCUT2D eigenvalue weighted by Gasteiger charge is 2.13. The summed E-state index contributed by atoms with van der Waals surface area (Å²) in [5.74, 6) is 0.817. The zero-order chi connectivity index (χ0) is 13.1. The van der Waals surface area contributed by atoms with Gasteiger partial charge in [0, 0.05) is 48.6 Å². The van der Waals surface area contributed by atoms with Gasteiger partial charge in [0.25, 0.3) is 0 Å². The molecule has 2 heterocycles. The lowest BCUT2D eigenvalue weighted by atomic mass is 10.1. The van der Waals surface area contributed by atoms with Gasteiger partial charge in [-0.2, -0.15) is 0 Å². The molecule has 1 aromatic carbocycles. The highest BCUT2D eigenvalue weighted by Crippen LogP contribution is 2.27. The molecule has 0 amide bonds. The maximum Gasteiger partial charge on any atom is 0.225 e. The summed E-state index contributed by atoms with van der Waals surface area (Å²) in [5.41, 5.74) is 2.15. The van der Waals surface area contributed by atoms with Gasteiger partial charge in [-0.25, -0.2) is 9.97 Å². The van der Waals surface area contributed by atoms with Crippen molar-refractivity contribution in [1.82, 2.24) is 15.3 Å². The predicted octanol–water partition coefficient (Wildman–Crippen LogP) is 2.32. The first-order valence-corrected chi connectivity index (χ1v) is 7.16. The summed E-state index contributed by atoms with van der Waals surface area (Å²) in [6.07, 6.45) is 3.79. The van der Waals surface area contributed by atoms with Gasteiger partial charge >= 0.3 is 0 Å². The maximum atomic E-state index is 4.49. The van der Waals surface area contributed by atoms with Crippen LogP contribution in [0.2, 0.25) is 0 Å². The summed E-state index contributed by atoms with van der Waals surface area (Å²) in [6, 6.07) is 8.11. The molecule has 0 saturated carbocycles. The number of aromatic nitrogens is 2. The average molecular weight is 319 g/mol. The molecule has 0 radical (unpaired) electrons. The molecule has 0 unspecified atom stereocenters. The van der Waals surface area contributed by atoms with Crippen molar-refractivity contribution in [2.75, 3.05) is 31.1 Å². The third-order valence-electron chi connectivity index (χ3n) is 3.22. The van der Waals surface area contributed by atoms with Crippen LogP contribution in [0.1, 0.15) is 0 Å². The van der Waals surface area contributed by atoms with Crippen LogP contribution in [0.15, 0.2) is 41.1 Å². The first-order valence-electron chi connectivity index (χ1n) is 6.37. The lowest BCUT2D eigenvalue weighted by Crippen LogP contribution is -2.44. The Kier molecular flexibility index (Phi) is 3.75. The van der Waals surface area contributed by atoms with Gasteiger partial charge in [0.1, 0.15) is 0 Å². The van der Waals surface area contributed by atoms with Crippen LogP contribution < -0.4 is 10.2 Å². The van der Waals surface area contributed by atoms with E-state index in [1.807, 2.05) is 30.6 Å². The van der Waals surface area contributed by atoms with Crippen molar-refractivity contribution in [3.05, 3.63) is 41.1 Å². The smallest absolute Gasteiger partial charge is 0.225 e. The van der Waals surface area contributed by atoms with Gasteiger partial charge < -0.3 is 10.2 Å². The Balaban J connectivity index is 1.84. The highest BCUT2D eigenvalue weighted by molar-refractivity contribution is 9.10. The number of rotatable bonds is 2. The Labute approximate surface area is 121 Å². The van der Waals surface area contributed by atoms with E-state index in [-0.39, 0.29) is 0 Å². The van der Waals surface area contributed by atoms with Crippen molar-refractivity contribution in [2.45, 2.75) is 0 Å². The normalized spacial score (nSPS) is 15.5. The monoisotopic (exact) mass is 318 g/mol. The number of nitrogens with one attached hydrogen (secondary N) is 1. The van der Waals surface area contributed by atoms with Crippen molar-refractivity contribution in [3.8, 4) is 11.1 Å². The summed E-state index contributed by atoms with van der Waals surface area (Å²) in [5, 5.41) is 3.33. The molecule has 5 heteroatoms. The van der Waals surface area contributed by atoms with Gasteiger partial charge in [0.2, 0.25) is 5.95 Å². The Bertz CT molecular complexity index is 550. The molecule has 3 rings (SSSR count). The summed E-state index contributed by atoms with van der Waals surface area (Å²) in [7, 11) is 0. The van der Waals surface area contributed by atoms with E-state index in [9.17, 15) is 0 Å². The third kappa shape index (κ3) is 2.77. The summed E-state index contributed by atoms with van der Waals surface area (Å²) < 4.78 is 1.06. The van der Waals surface area contributed by atoms with Crippen LogP contribution in [0, 0.1) is 0 Å². The van der Waals surface area contributed by atoms with Gasteiger partial charge in [0.05, 0.1) is 0 Å². The Hall–Kier alpha value is -1.46. The van der Waals surface area contributed by atoms with Crippen LogP contribution in [0.3, 0.4) is 0 Å². The molecule has 0 aliphatic carbocycles. The number of piperazine rings is 1. The minimum absolute atomic E-state index is 0.817. The average Bonchev–Trinajstić information content (AvgIpc) is 2.49. The van der Waals surface area contributed by atoms with Crippen molar-refractivity contribution in [1.29, 1.82) is 0 Å². The minimum Gasteiger partial charge on any atom is -0.338 e. The van der Waals surface area contributed by atoms with Crippen molar-refractivity contribution in [2.24, 2.45) is 0 Å². The Morgan fingerprint density at radius 2 is 1.74 bits per heavy atom. The molecule has 1 aromatic heterocycles. The molecule has 0 atom stereocenters. The molecule has 1 aliphatic heterocycles. The molecule has 1 aliphatic rings. The van der Waals surface area contributed by atoms with E-state index in [0.717, 1.165) is 47.7 Å². The van der Waals surface area contributed by atoms with Crippen LogP contribution in [0.4, 0.5) is 5.95 Å². The second-order valence-corrected chi connectivity index (χ2v) is 5.34. The number of benzene rings is 1. The van der Waals surface area contributed by atoms with Crippen LogP contribution in [0.25, 0.3) is 11.1 Å². The zero-order valence-electron chi connectivity index (χ0n) is 10.5. The molecular formula is C14H15BrN4. The van der Waals surface area contributed by atoms with Gasteiger partial charge in [-0.15, -0.1) is 0 Å². The number of hydrogen-bond donors (Lipinski definition) is 1. The van der Waals surface area contributed by atoms with E-state index in [1.165, 1.54) is 0 Å². The van der Waals surface area contributed by atoms with Crippen molar-refractivity contribution < 1.29 is 0 Å². The second kappa shape index (κ2) is 5.67. The van der Waals surface area contributed by atoms with E-state index >= 15 is 0 Å². The Morgan fingerprint density at radius 1 is 1.05 bits per heavy atom. The fourth-order valence-corrected chi connectivity index (χ4v) is 2.70. The van der Waals surface area contributed by atoms with Crippen molar-refractivity contribution in [3.63, 3.8) is 0 Å². The molecule has 1 saturated heterocycles. The molecule has 0 spiro atoms. The summed E-state index contributed by atoms with van der Waals surface area (Å²) >= 11 is 3.55. The summed E-state index contributed by atoms with van der Waals surface area (Å²) in [4.78, 5) is 11.2. The van der Waals surface area contributed by atoms with Crippen molar-refractivity contribution >= 4 is 21.9 Å². The van der Waals surface area contributed by atoms with Gasteiger partial charge in [0.15, 0.2) is 0 Å². The van der Waals surface area contributed by atoms with E-state index in [2.05, 4.69) is 42.2 Å². The lowest BCUT2D eigenvalue weighted by Gasteiger charge is -2.27. The molecular weight excluding hydrogens is 304 g/mol. The van der Waals surface area contributed by atoms with Gasteiger partial charge in [-0.05, 0) is 11.6 Å². The van der Waals surface area contributed by atoms with Crippen LogP contribution in [-0.4, -0.2) is 36.1 Å². The van der Waals surface area contributed by atoms with E-state index in [4.69, 9.17) is 0 Å². The highest BCUT2D eigenvalue weighted by atomic mass is 79.9. The largest absolute Gasteiger partial charge is 0.338 e. The Morgan fingerprint density at radius 3 is 2.42 bits per heavy atom. The van der Waals surface area contributed by atoms with E-state index < -0.39 is 0 Å². The van der Waals surface area contributed by atoms with Gasteiger partial charge in [-0.3, -0.25) is 0 Å². The molecule has 2 aromatic rings. The predicted molar refractivity (Wildman–Crippen MR) is 80.3 cm³/mol. The third-order valence-corrected chi connectivity index (χ3v) is 3.91. The zero-order valence-corrected chi connectivity index (χ0v) is 12.1. The summed E-state index contributed by atoms with van der Waals surface area (Å²) in [6.45, 7) is 3.92. The molecule has 19 heavy (non-hydrogen) atoms. The standard InChI is InChI=1S/C14H15BrN4/c15-13-4-2-1-3-12(13)11-9-17-14(18-10-11)19-7-5-16-6-8-19/h1-4,9-10,16H,5-8H2. The topological polar surface area (TPSA) is 41.1 Å². The molecule has 1 fully saturated rings. The first kappa shape index (κ1) is 12.6. The molecule has 1 N–H and O–H groups in total. The fourth-order valence-electron chi connectivity index (χ4n) is 2.18. The van der Waals surface area contributed by atoms with Crippen LogP contribution >= 0.6 is 15.9 Å². The number of hydrogen-bond acceptors (Lipinski definition) is 4. The second-order valence-electron chi connectivity index (χ2n) is 4.49. The number of anilines is 1. The number of nitrogens with zero attached hydrogens (tertiary/aromatic N) is 3. The minimum atomic E-state index is 0.817. The fraction of sp³-hybridized carbons (Fsp3) is 0.286. The van der Waals surface area contributed by atoms with E-state index in [1.54, 1.807) is 0 Å². The lowest BCUT2D eigenvalue weighted by molar-refractivity contribution is 0.580. The van der Waals surface area contributed by atoms with E-state index in [0.29, 0.717) is 0 Å². The van der Waals surface area contributed by atoms with Crippen LogP contribution in [0.5, 0.6) is 0 Å². The first-order chi connectivity index (χ1) is 9.34. The SMILES string of the molecule is Brc1ccccc1-c1cnc(N2CCNCC2)nc1. The maximum absolute atomic E-state index is 4.49. The van der Waals surface area contributed by atoms with Crippen LogP contribution in [-0.2, 0) is 0 Å². The quantitative estimate of drug-likeness (QED) is 0.922. The molecule has 0 bridgehead atoms. The number of halogens is 1.